The van der Waals surface area contributed by atoms with Crippen LogP contribution in [0.4, 0.5) is 0 Å². The number of ether oxygens (including phenoxy) is 3. The van der Waals surface area contributed by atoms with E-state index in [9.17, 15) is 14.4 Å². The van der Waals surface area contributed by atoms with Crippen molar-refractivity contribution in [2.24, 2.45) is 0 Å². The van der Waals surface area contributed by atoms with Crippen LogP contribution in [0.5, 0.6) is 0 Å². The first-order chi connectivity index (χ1) is 40.5. The van der Waals surface area contributed by atoms with Gasteiger partial charge < -0.3 is 14.2 Å². The quantitative estimate of drug-likeness (QED) is 0.0261. The van der Waals surface area contributed by atoms with Gasteiger partial charge in [0, 0.05) is 19.3 Å². The molecular weight excluding hydrogens is 1010 g/mol. The maximum Gasteiger partial charge on any atom is 0.306 e. The Labute approximate surface area is 506 Å². The van der Waals surface area contributed by atoms with Crippen LogP contribution >= 0.6 is 0 Å². The second kappa shape index (κ2) is 69.0. The van der Waals surface area contributed by atoms with Crippen molar-refractivity contribution >= 4 is 17.9 Å². The molecule has 0 aromatic heterocycles. The van der Waals surface area contributed by atoms with Crippen LogP contribution in [-0.4, -0.2) is 37.2 Å². The minimum absolute atomic E-state index is 0.0930. The van der Waals surface area contributed by atoms with Gasteiger partial charge in [-0.1, -0.05) is 289 Å². The van der Waals surface area contributed by atoms with Gasteiger partial charge in [0.2, 0.25) is 0 Å². The maximum atomic E-state index is 12.9. The topological polar surface area (TPSA) is 78.9 Å². The van der Waals surface area contributed by atoms with E-state index in [1.165, 1.54) is 128 Å². The Kier molecular flexibility index (Phi) is 65.3. The summed E-state index contributed by atoms with van der Waals surface area (Å²) in [4.78, 5) is 38.4. The Morgan fingerprint density at radius 2 is 0.488 bits per heavy atom. The van der Waals surface area contributed by atoms with Crippen molar-refractivity contribution in [3.8, 4) is 0 Å². The Balaban J connectivity index is 4.38. The zero-order chi connectivity index (χ0) is 59.2. The lowest BCUT2D eigenvalue weighted by molar-refractivity contribution is -0.167. The highest BCUT2D eigenvalue weighted by molar-refractivity contribution is 5.71. The van der Waals surface area contributed by atoms with Crippen LogP contribution in [0, 0.1) is 0 Å². The van der Waals surface area contributed by atoms with Gasteiger partial charge in [0.25, 0.3) is 0 Å². The summed E-state index contributed by atoms with van der Waals surface area (Å²) in [7, 11) is 0. The van der Waals surface area contributed by atoms with Gasteiger partial charge >= 0.3 is 17.9 Å². The summed E-state index contributed by atoms with van der Waals surface area (Å²) in [5, 5.41) is 0. The fourth-order valence-corrected chi connectivity index (χ4v) is 9.24. The smallest absolute Gasteiger partial charge is 0.306 e. The molecule has 0 saturated carbocycles. The number of esters is 3. The fourth-order valence-electron chi connectivity index (χ4n) is 9.24. The molecule has 466 valence electrons. The largest absolute Gasteiger partial charge is 0.462 e. The molecule has 0 rings (SSSR count). The van der Waals surface area contributed by atoms with Gasteiger partial charge in [0.05, 0.1) is 0 Å². The number of allylic oxidation sites excluding steroid dienone is 22. The number of unbranched alkanes of at least 4 members (excludes halogenated alkanes) is 28. The third kappa shape index (κ3) is 66.4. The third-order valence-corrected chi connectivity index (χ3v) is 14.4. The molecule has 0 spiro atoms. The molecule has 6 heteroatoms. The molecule has 0 radical (unpaired) electrons. The highest BCUT2D eigenvalue weighted by Crippen LogP contribution is 2.15. The number of carbonyl (C=O) groups is 3. The number of rotatable bonds is 61. The molecule has 0 amide bonds. The van der Waals surface area contributed by atoms with Crippen LogP contribution < -0.4 is 0 Å². The van der Waals surface area contributed by atoms with Crippen molar-refractivity contribution in [2.75, 3.05) is 13.2 Å². The van der Waals surface area contributed by atoms with Gasteiger partial charge in [-0.25, -0.2) is 0 Å². The summed E-state index contributed by atoms with van der Waals surface area (Å²) in [5.74, 6) is -0.915. The standard InChI is InChI=1S/C76H126O6/c1-4-7-10-13-16-19-22-25-28-30-32-34-35-36-37-38-39-40-41-43-44-46-48-51-54-57-60-63-66-69-75(78)81-72-73(71-80-74(77)68-65-62-59-56-53-50-27-24-21-18-15-12-9-6-3)82-76(79)70-67-64-61-58-55-52-49-47-45-42-33-31-29-26-23-20-17-14-11-8-5-2/h7,10,15-16,18-19,23-28,31-34,36-37,39-40,43-44,73H,4-6,8-9,11-14,17,20-22,29-30,35,38,41-42,45-72H2,1-3H3/b10-7-,18-15-,19-16-,26-23-,27-24-,28-25-,33-31-,34-32-,37-36-,40-39-,44-43-. The zero-order valence-electron chi connectivity index (χ0n) is 53.5. The molecule has 0 saturated heterocycles. The first-order valence-corrected chi connectivity index (χ1v) is 34.2. The van der Waals surface area contributed by atoms with Crippen LogP contribution in [0.3, 0.4) is 0 Å². The zero-order valence-corrected chi connectivity index (χ0v) is 53.5. The van der Waals surface area contributed by atoms with E-state index in [0.717, 1.165) is 141 Å². The molecule has 0 bridgehead atoms. The summed E-state index contributed by atoms with van der Waals surface area (Å²) in [5.41, 5.74) is 0. The lowest BCUT2D eigenvalue weighted by atomic mass is 10.1. The van der Waals surface area contributed by atoms with E-state index in [1.54, 1.807) is 0 Å². The molecule has 0 aliphatic heterocycles. The summed E-state index contributed by atoms with van der Waals surface area (Å²) in [6.45, 7) is 6.47. The molecule has 0 N–H and O–H groups in total. The molecule has 0 aromatic rings. The molecule has 0 aliphatic carbocycles. The van der Waals surface area contributed by atoms with Gasteiger partial charge in [-0.2, -0.15) is 0 Å². The maximum absolute atomic E-state index is 12.9. The van der Waals surface area contributed by atoms with E-state index >= 15 is 0 Å². The van der Waals surface area contributed by atoms with Crippen molar-refractivity contribution in [3.63, 3.8) is 0 Å². The lowest BCUT2D eigenvalue weighted by Crippen LogP contribution is -2.30. The minimum atomic E-state index is -0.797. The van der Waals surface area contributed by atoms with Crippen molar-refractivity contribution in [2.45, 2.75) is 316 Å². The summed E-state index contributed by atoms with van der Waals surface area (Å²) in [6.07, 6.45) is 97.4. The molecule has 82 heavy (non-hydrogen) atoms. The summed E-state index contributed by atoms with van der Waals surface area (Å²) < 4.78 is 16.9. The summed E-state index contributed by atoms with van der Waals surface area (Å²) >= 11 is 0. The molecule has 0 heterocycles. The Morgan fingerprint density at radius 3 is 0.780 bits per heavy atom. The average molecular weight is 1140 g/mol. The van der Waals surface area contributed by atoms with Crippen molar-refractivity contribution in [1.82, 2.24) is 0 Å². The number of carbonyl (C=O) groups excluding carboxylic acids is 3. The van der Waals surface area contributed by atoms with Crippen LogP contribution in [0.25, 0.3) is 0 Å². The molecule has 0 fully saturated rings. The average Bonchev–Trinajstić information content (AvgIpc) is 3.47. The predicted molar refractivity (Wildman–Crippen MR) is 357 cm³/mol. The van der Waals surface area contributed by atoms with Gasteiger partial charge in [-0.05, 0) is 135 Å². The molecule has 0 aromatic carbocycles. The first kappa shape index (κ1) is 77.5. The van der Waals surface area contributed by atoms with E-state index in [4.69, 9.17) is 14.2 Å². The van der Waals surface area contributed by atoms with Crippen molar-refractivity contribution in [3.05, 3.63) is 134 Å². The number of hydrogen-bond donors (Lipinski definition) is 0. The molecule has 1 atom stereocenters. The number of hydrogen-bond acceptors (Lipinski definition) is 6. The van der Waals surface area contributed by atoms with E-state index in [-0.39, 0.29) is 31.1 Å². The van der Waals surface area contributed by atoms with Gasteiger partial charge in [-0.15, -0.1) is 0 Å². The second-order valence-electron chi connectivity index (χ2n) is 22.3. The van der Waals surface area contributed by atoms with E-state index in [0.29, 0.717) is 19.3 Å². The highest BCUT2D eigenvalue weighted by atomic mass is 16.6. The van der Waals surface area contributed by atoms with Crippen LogP contribution in [0.15, 0.2) is 134 Å². The Bertz CT molecular complexity index is 1730. The Hall–Kier alpha value is -4.45. The van der Waals surface area contributed by atoms with Crippen LogP contribution in [0.1, 0.15) is 310 Å². The van der Waals surface area contributed by atoms with Crippen molar-refractivity contribution in [1.29, 1.82) is 0 Å². The summed E-state index contributed by atoms with van der Waals surface area (Å²) in [6, 6.07) is 0. The highest BCUT2D eigenvalue weighted by Gasteiger charge is 2.19. The van der Waals surface area contributed by atoms with Gasteiger partial charge in [0.1, 0.15) is 13.2 Å². The van der Waals surface area contributed by atoms with Gasteiger partial charge in [0.15, 0.2) is 6.10 Å². The third-order valence-electron chi connectivity index (χ3n) is 14.4. The molecule has 0 aliphatic rings. The van der Waals surface area contributed by atoms with Crippen molar-refractivity contribution < 1.29 is 28.6 Å². The minimum Gasteiger partial charge on any atom is -0.462 e. The lowest BCUT2D eigenvalue weighted by Gasteiger charge is -2.18. The second-order valence-corrected chi connectivity index (χ2v) is 22.3. The van der Waals surface area contributed by atoms with Gasteiger partial charge in [-0.3, -0.25) is 14.4 Å². The van der Waals surface area contributed by atoms with E-state index < -0.39 is 6.10 Å². The first-order valence-electron chi connectivity index (χ1n) is 34.2. The normalized spacial score (nSPS) is 13.0. The molecule has 1 unspecified atom stereocenters. The monoisotopic (exact) mass is 1130 g/mol. The SMILES string of the molecule is CC/C=C\C/C=C\C/C=C\C/C=C\C/C=C\C/C=C\C/C=C\CCCCCCCCCC(=O)OCC(COC(=O)CCCCCCC/C=C\C/C=C\CCCC)OC(=O)CCCCCCCCCCC/C=C\C/C=C\CCCCCCC. The van der Waals surface area contributed by atoms with E-state index in [1.807, 2.05) is 0 Å². The predicted octanol–water partition coefficient (Wildman–Crippen LogP) is 23.7. The van der Waals surface area contributed by atoms with Crippen LogP contribution in [0.2, 0.25) is 0 Å². The molecule has 6 nitrogen and oxygen atoms in total. The van der Waals surface area contributed by atoms with Crippen LogP contribution in [-0.2, 0) is 28.6 Å². The fraction of sp³-hybridized carbons (Fsp3) is 0.671. The van der Waals surface area contributed by atoms with E-state index in [2.05, 4.69) is 154 Å². The Morgan fingerprint density at radius 1 is 0.256 bits per heavy atom. The molecular formula is C76H126O6.